The summed E-state index contributed by atoms with van der Waals surface area (Å²) in [5.41, 5.74) is 5.37. The van der Waals surface area contributed by atoms with Crippen LogP contribution in [0.4, 0.5) is 17.1 Å². The predicted octanol–water partition coefficient (Wildman–Crippen LogP) is 4.18. The van der Waals surface area contributed by atoms with Gasteiger partial charge in [-0.3, -0.25) is 14.0 Å². The lowest BCUT2D eigenvalue weighted by Crippen LogP contribution is -2.51. The normalized spacial score (nSPS) is 24.4. The van der Waals surface area contributed by atoms with Crippen molar-refractivity contribution in [2.45, 2.75) is 39.5 Å². The first-order valence-electron chi connectivity index (χ1n) is 15.1. The van der Waals surface area contributed by atoms with Crippen LogP contribution in [-0.4, -0.2) is 68.7 Å². The van der Waals surface area contributed by atoms with Crippen molar-refractivity contribution in [3.05, 3.63) is 47.8 Å². The minimum Gasteiger partial charge on any atom is -0.477 e. The lowest BCUT2D eigenvalue weighted by Gasteiger charge is -2.47. The molecule has 43 heavy (non-hydrogen) atoms. The van der Waals surface area contributed by atoms with Gasteiger partial charge in [0.15, 0.2) is 0 Å². The maximum Gasteiger partial charge on any atom is 0.280 e. The number of thiol groups is 1. The lowest BCUT2D eigenvalue weighted by atomic mass is 9.80. The molecule has 1 atom stereocenters. The number of carbonyl (C=O) groups excluding carboxylic acids is 1. The summed E-state index contributed by atoms with van der Waals surface area (Å²) in [6.07, 6.45) is 5.38. The van der Waals surface area contributed by atoms with Gasteiger partial charge < -0.3 is 24.4 Å². The maximum absolute atomic E-state index is 13.8. The van der Waals surface area contributed by atoms with Crippen LogP contribution < -0.4 is 19.7 Å². The Morgan fingerprint density at radius 3 is 2.74 bits per heavy atom. The van der Waals surface area contributed by atoms with E-state index in [2.05, 4.69) is 36.9 Å². The largest absolute Gasteiger partial charge is 0.477 e. The number of anilines is 3. The minimum absolute atomic E-state index is 0.237. The summed E-state index contributed by atoms with van der Waals surface area (Å²) in [6.45, 7) is 6.85. The lowest BCUT2D eigenvalue weighted by molar-refractivity contribution is -0.117. The smallest absolute Gasteiger partial charge is 0.280 e. The SMILES string of the molecule is Cc1cc2cc(n1)-c1cnn(C)c1OCCCC(C)CN1/C(=N/C2=O)Nc2ccc(N[SH]3(=O)CCC4(CC3)COC4)cc21. The highest BCUT2D eigenvalue weighted by Crippen LogP contribution is 2.42. The fourth-order valence-electron chi connectivity index (χ4n) is 6.47. The van der Waals surface area contributed by atoms with E-state index < -0.39 is 10.1 Å². The summed E-state index contributed by atoms with van der Waals surface area (Å²) >= 11 is 0. The van der Waals surface area contributed by atoms with Crippen LogP contribution in [0.15, 0.2) is 41.5 Å². The zero-order chi connectivity index (χ0) is 29.8. The summed E-state index contributed by atoms with van der Waals surface area (Å²) in [5.74, 6) is 2.41. The minimum atomic E-state index is -2.54. The van der Waals surface area contributed by atoms with Crippen LogP contribution in [0.25, 0.3) is 11.3 Å². The molecule has 7 rings (SSSR count). The van der Waals surface area contributed by atoms with E-state index in [0.29, 0.717) is 53.4 Å². The van der Waals surface area contributed by atoms with Crippen LogP contribution in [-0.2, 0) is 21.9 Å². The molecule has 2 bridgehead atoms. The van der Waals surface area contributed by atoms with Gasteiger partial charge in [-0.2, -0.15) is 10.1 Å². The highest BCUT2D eigenvalue weighted by Gasteiger charge is 2.43. The molecule has 0 aliphatic carbocycles. The Bertz CT molecular complexity index is 1650. The van der Waals surface area contributed by atoms with Gasteiger partial charge in [0.05, 0.1) is 48.6 Å². The van der Waals surface area contributed by atoms with E-state index in [1.165, 1.54) is 0 Å². The maximum atomic E-state index is 13.8. The number of fused-ring (bicyclic) bond motifs is 7. The van der Waals surface area contributed by atoms with E-state index in [0.717, 1.165) is 61.5 Å². The van der Waals surface area contributed by atoms with E-state index in [9.17, 15) is 9.00 Å². The van der Waals surface area contributed by atoms with Gasteiger partial charge in [0.25, 0.3) is 5.91 Å². The van der Waals surface area contributed by atoms with Crippen molar-refractivity contribution in [3.63, 3.8) is 0 Å². The fourth-order valence-corrected chi connectivity index (χ4v) is 9.20. The number of ether oxygens (including phenoxy) is 2. The number of pyridine rings is 1. The van der Waals surface area contributed by atoms with E-state index in [-0.39, 0.29) is 17.2 Å². The summed E-state index contributed by atoms with van der Waals surface area (Å²) in [7, 11) is -0.702. The molecule has 1 aromatic carbocycles. The predicted molar refractivity (Wildman–Crippen MR) is 170 cm³/mol. The van der Waals surface area contributed by atoms with Crippen molar-refractivity contribution in [1.82, 2.24) is 14.8 Å². The highest BCUT2D eigenvalue weighted by molar-refractivity contribution is 8.04. The molecule has 1 amide bonds. The van der Waals surface area contributed by atoms with Gasteiger partial charge in [0.2, 0.25) is 11.8 Å². The molecule has 228 valence electrons. The first-order valence-corrected chi connectivity index (χ1v) is 17.2. The summed E-state index contributed by atoms with van der Waals surface area (Å²) in [6, 6.07) is 9.48. The summed E-state index contributed by atoms with van der Waals surface area (Å²) in [5, 5.41) is 7.76. The highest BCUT2D eigenvalue weighted by atomic mass is 32.3. The second kappa shape index (κ2) is 10.7. The van der Waals surface area contributed by atoms with Crippen LogP contribution in [0.1, 0.15) is 48.7 Å². The molecule has 6 heterocycles. The number of nitrogens with one attached hydrogen (secondary N) is 2. The zero-order valence-corrected chi connectivity index (χ0v) is 25.8. The van der Waals surface area contributed by atoms with Gasteiger partial charge in [-0.15, -0.1) is 0 Å². The van der Waals surface area contributed by atoms with Crippen molar-refractivity contribution in [1.29, 1.82) is 0 Å². The Balaban J connectivity index is 1.20. The molecule has 0 saturated carbocycles. The molecule has 1 unspecified atom stereocenters. The fraction of sp³-hybridized carbons (Fsp3) is 0.484. The van der Waals surface area contributed by atoms with E-state index in [4.69, 9.17) is 9.47 Å². The molecule has 1 spiro atoms. The van der Waals surface area contributed by atoms with Crippen molar-refractivity contribution in [3.8, 4) is 17.1 Å². The number of rotatable bonds is 2. The van der Waals surface area contributed by atoms with Crippen LogP contribution in [0, 0.1) is 18.3 Å². The zero-order valence-electron chi connectivity index (χ0n) is 24.9. The van der Waals surface area contributed by atoms with Gasteiger partial charge in [-0.25, -0.2) is 4.68 Å². The van der Waals surface area contributed by atoms with Gasteiger partial charge >= 0.3 is 0 Å². The molecule has 11 nitrogen and oxygen atoms in total. The average molecular weight is 606 g/mol. The standard InChI is InChI=1S/C31H39N7O4S/c1-20-5-4-10-42-29-24(16-32-37(29)3)26-14-22(13-21(2)33-26)28(39)35-30-34-25-7-6-23(15-27(25)38(30)17-20)36-43(40)11-8-31(9-12-43)18-41-19-31/h6-7,13-16,20,43H,4-5,8-12,17-19H2,1-3H3,(H,36,40)(H,34,35,39). The van der Waals surface area contributed by atoms with E-state index in [1.54, 1.807) is 23.0 Å². The third-order valence-electron chi connectivity index (χ3n) is 9.09. The van der Waals surface area contributed by atoms with Crippen molar-refractivity contribution in [2.24, 2.45) is 23.4 Å². The number of benzene rings is 1. The second-order valence-electron chi connectivity index (χ2n) is 12.6. The van der Waals surface area contributed by atoms with Crippen LogP contribution in [0.5, 0.6) is 5.88 Å². The van der Waals surface area contributed by atoms with Crippen LogP contribution in [0.2, 0.25) is 0 Å². The van der Waals surface area contributed by atoms with Crippen LogP contribution in [0.3, 0.4) is 0 Å². The molecule has 2 fully saturated rings. The average Bonchev–Trinajstić information content (AvgIpc) is 3.49. The number of aliphatic imine (C=N–C) groups is 1. The first-order chi connectivity index (χ1) is 20.7. The number of nitrogens with zero attached hydrogens (tertiary/aromatic N) is 5. The number of hydrogen-bond acceptors (Lipinski definition) is 8. The summed E-state index contributed by atoms with van der Waals surface area (Å²) in [4.78, 5) is 25.0. The van der Waals surface area contributed by atoms with E-state index >= 15 is 0 Å². The number of amides is 1. The first kappa shape index (κ1) is 28.0. The Hall–Kier alpha value is -3.77. The molecule has 4 aliphatic rings. The van der Waals surface area contributed by atoms with Crippen LogP contribution >= 0.6 is 0 Å². The molecule has 12 heteroatoms. The molecule has 0 radical (unpaired) electrons. The molecular formula is C31H39N7O4S. The topological polar surface area (TPSA) is 123 Å². The molecule has 2 N–H and O–H groups in total. The Labute approximate surface area is 252 Å². The Morgan fingerprint density at radius 2 is 1.98 bits per heavy atom. The number of guanidine groups is 1. The molecular weight excluding hydrogens is 566 g/mol. The van der Waals surface area contributed by atoms with Crippen molar-refractivity contribution < 1.29 is 18.5 Å². The van der Waals surface area contributed by atoms with Gasteiger partial charge in [-0.05, 0) is 79.0 Å². The summed E-state index contributed by atoms with van der Waals surface area (Å²) < 4.78 is 30.5. The van der Waals surface area contributed by atoms with Gasteiger partial charge in [0.1, 0.15) is 0 Å². The van der Waals surface area contributed by atoms with E-state index in [1.807, 2.05) is 32.2 Å². The van der Waals surface area contributed by atoms with Crippen molar-refractivity contribution in [2.75, 3.05) is 52.8 Å². The number of hydrogen-bond donors (Lipinski definition) is 3. The monoisotopic (exact) mass is 605 g/mol. The van der Waals surface area contributed by atoms with Crippen molar-refractivity contribution >= 4 is 39.0 Å². The molecule has 4 aliphatic heterocycles. The third-order valence-corrected chi connectivity index (χ3v) is 11.6. The Morgan fingerprint density at radius 1 is 1.16 bits per heavy atom. The molecule has 2 saturated heterocycles. The molecule has 3 aromatic rings. The number of carbonyl (C=O) groups is 1. The number of aryl methyl sites for hydroxylation is 2. The van der Waals surface area contributed by atoms with Gasteiger partial charge in [0, 0.05) is 47.5 Å². The third kappa shape index (κ3) is 5.42. The van der Waals surface area contributed by atoms with Gasteiger partial charge in [-0.1, -0.05) is 6.92 Å². The molecule has 2 aromatic heterocycles. The Kier molecular flexibility index (Phi) is 7.00. The number of aromatic nitrogens is 3. The quantitative estimate of drug-likeness (QED) is 0.372. The second-order valence-corrected chi connectivity index (χ2v) is 15.5.